The van der Waals surface area contributed by atoms with Crippen LogP contribution in [0.1, 0.15) is 31.6 Å². The van der Waals surface area contributed by atoms with Crippen molar-refractivity contribution in [2.45, 2.75) is 38.5 Å². The van der Waals surface area contributed by atoms with Crippen LogP contribution in [0, 0.1) is 0 Å². The van der Waals surface area contributed by atoms with E-state index in [1.807, 2.05) is 11.5 Å². The van der Waals surface area contributed by atoms with E-state index in [0.29, 0.717) is 12.4 Å². The van der Waals surface area contributed by atoms with Gasteiger partial charge in [0.05, 0.1) is 6.04 Å². The zero-order chi connectivity index (χ0) is 12.2. The number of aryl methyl sites for hydroxylation is 1. The number of halogens is 3. The molecule has 1 unspecified atom stereocenters. The molecule has 0 radical (unpaired) electrons. The Balaban J connectivity index is 2.67. The van der Waals surface area contributed by atoms with Crippen LogP contribution in [0.4, 0.5) is 13.2 Å². The summed E-state index contributed by atoms with van der Waals surface area (Å²) in [6.45, 7) is 2.64. The van der Waals surface area contributed by atoms with Crippen molar-refractivity contribution in [1.29, 1.82) is 0 Å². The molecule has 0 spiro atoms. The van der Waals surface area contributed by atoms with E-state index >= 15 is 0 Å². The number of aromatic nitrogens is 2. The number of hydrogen-bond acceptors (Lipinski definition) is 2. The highest BCUT2D eigenvalue weighted by Crippen LogP contribution is 2.26. The van der Waals surface area contributed by atoms with Gasteiger partial charge in [0.1, 0.15) is 5.82 Å². The smallest absolute Gasteiger partial charge is 0.334 e. The molecular formula is C10H16F3N3. The van der Waals surface area contributed by atoms with E-state index in [4.69, 9.17) is 0 Å². The molecule has 3 nitrogen and oxygen atoms in total. The lowest BCUT2D eigenvalue weighted by molar-refractivity contribution is -0.136. The first kappa shape index (κ1) is 13.0. The first-order valence-corrected chi connectivity index (χ1v) is 5.23. The monoisotopic (exact) mass is 235 g/mol. The Bertz CT molecular complexity index is 319. The largest absolute Gasteiger partial charge is 0.389 e. The van der Waals surface area contributed by atoms with Gasteiger partial charge in [-0.15, -0.1) is 0 Å². The van der Waals surface area contributed by atoms with E-state index in [0.717, 1.165) is 0 Å². The standard InChI is InChI=1S/C10H16F3N3/c1-3-16-7-6-15-9(16)8(14-2)4-5-10(11,12)13/h6-8,14H,3-5H2,1-2H3. The Morgan fingerprint density at radius 2 is 2.19 bits per heavy atom. The quantitative estimate of drug-likeness (QED) is 0.849. The van der Waals surface area contributed by atoms with Crippen molar-refractivity contribution in [3.8, 4) is 0 Å². The van der Waals surface area contributed by atoms with Crippen molar-refractivity contribution < 1.29 is 13.2 Å². The van der Waals surface area contributed by atoms with E-state index in [1.165, 1.54) is 0 Å². The van der Waals surface area contributed by atoms with Gasteiger partial charge in [-0.25, -0.2) is 4.98 Å². The number of nitrogens with one attached hydrogen (secondary N) is 1. The highest BCUT2D eigenvalue weighted by molar-refractivity contribution is 4.99. The minimum absolute atomic E-state index is 0.0109. The summed E-state index contributed by atoms with van der Waals surface area (Å²) in [6.07, 6.45) is -1.52. The molecule has 0 aliphatic heterocycles. The van der Waals surface area contributed by atoms with E-state index in [1.54, 1.807) is 19.4 Å². The molecule has 1 aromatic rings. The molecule has 0 fully saturated rings. The molecule has 1 heterocycles. The molecule has 0 saturated heterocycles. The maximum absolute atomic E-state index is 12.1. The third-order valence-corrected chi connectivity index (χ3v) is 2.46. The summed E-state index contributed by atoms with van der Waals surface area (Å²) in [5.74, 6) is 0.661. The average molecular weight is 235 g/mol. The second kappa shape index (κ2) is 5.34. The SMILES string of the molecule is CCn1ccnc1C(CCC(F)(F)F)NC. The highest BCUT2D eigenvalue weighted by atomic mass is 19.4. The molecule has 1 aromatic heterocycles. The van der Waals surface area contributed by atoms with Crippen molar-refractivity contribution >= 4 is 0 Å². The lowest BCUT2D eigenvalue weighted by Crippen LogP contribution is -2.23. The molecule has 1 rings (SSSR count). The van der Waals surface area contributed by atoms with Gasteiger partial charge in [-0.05, 0) is 20.4 Å². The fourth-order valence-electron chi connectivity index (χ4n) is 1.61. The van der Waals surface area contributed by atoms with E-state index in [9.17, 15) is 13.2 Å². The number of rotatable bonds is 5. The Morgan fingerprint density at radius 3 is 2.69 bits per heavy atom. The predicted molar refractivity (Wildman–Crippen MR) is 55.0 cm³/mol. The summed E-state index contributed by atoms with van der Waals surface area (Å²) in [6, 6.07) is -0.350. The lowest BCUT2D eigenvalue weighted by atomic mass is 10.1. The summed E-state index contributed by atoms with van der Waals surface area (Å²) in [7, 11) is 1.65. The van der Waals surface area contributed by atoms with Gasteiger partial charge in [-0.2, -0.15) is 13.2 Å². The highest BCUT2D eigenvalue weighted by Gasteiger charge is 2.29. The number of hydrogen-bond donors (Lipinski definition) is 1. The van der Waals surface area contributed by atoms with Crippen LogP contribution in [0.5, 0.6) is 0 Å². The topological polar surface area (TPSA) is 29.9 Å². The Morgan fingerprint density at radius 1 is 1.50 bits per heavy atom. The van der Waals surface area contributed by atoms with E-state index < -0.39 is 12.6 Å². The van der Waals surface area contributed by atoms with Gasteiger partial charge in [-0.1, -0.05) is 0 Å². The van der Waals surface area contributed by atoms with Gasteiger partial charge in [0, 0.05) is 25.4 Å². The zero-order valence-electron chi connectivity index (χ0n) is 9.38. The molecule has 0 saturated carbocycles. The van der Waals surface area contributed by atoms with Crippen LogP contribution >= 0.6 is 0 Å². The van der Waals surface area contributed by atoms with Gasteiger partial charge in [0.25, 0.3) is 0 Å². The summed E-state index contributed by atoms with van der Waals surface area (Å²) < 4.78 is 38.2. The summed E-state index contributed by atoms with van der Waals surface area (Å²) in [4.78, 5) is 4.09. The molecule has 0 aliphatic carbocycles. The van der Waals surface area contributed by atoms with E-state index in [-0.39, 0.29) is 12.5 Å². The number of alkyl halides is 3. The predicted octanol–water partition coefficient (Wildman–Crippen LogP) is 2.51. The van der Waals surface area contributed by atoms with Crippen molar-refractivity contribution in [1.82, 2.24) is 14.9 Å². The summed E-state index contributed by atoms with van der Waals surface area (Å²) >= 11 is 0. The van der Waals surface area contributed by atoms with Crippen LogP contribution < -0.4 is 5.32 Å². The van der Waals surface area contributed by atoms with Gasteiger partial charge >= 0.3 is 6.18 Å². The normalized spacial score (nSPS) is 14.1. The van der Waals surface area contributed by atoms with Gasteiger partial charge < -0.3 is 9.88 Å². The van der Waals surface area contributed by atoms with Crippen LogP contribution in [0.25, 0.3) is 0 Å². The lowest BCUT2D eigenvalue weighted by Gasteiger charge is -2.17. The Hall–Kier alpha value is -1.04. The van der Waals surface area contributed by atoms with Gasteiger partial charge in [0.15, 0.2) is 0 Å². The van der Waals surface area contributed by atoms with Gasteiger partial charge in [0.2, 0.25) is 0 Å². The second-order valence-corrected chi connectivity index (χ2v) is 3.57. The zero-order valence-corrected chi connectivity index (χ0v) is 9.38. The Labute approximate surface area is 92.7 Å². The summed E-state index contributed by atoms with van der Waals surface area (Å²) in [5.41, 5.74) is 0. The molecule has 92 valence electrons. The maximum Gasteiger partial charge on any atom is 0.389 e. The number of nitrogens with zero attached hydrogens (tertiary/aromatic N) is 2. The molecule has 0 aromatic carbocycles. The second-order valence-electron chi connectivity index (χ2n) is 3.57. The minimum Gasteiger partial charge on any atom is -0.334 e. The first-order valence-electron chi connectivity index (χ1n) is 5.23. The molecule has 1 N–H and O–H groups in total. The summed E-state index contributed by atoms with van der Waals surface area (Å²) in [5, 5.41) is 2.87. The fraction of sp³-hybridized carbons (Fsp3) is 0.700. The maximum atomic E-state index is 12.1. The van der Waals surface area contributed by atoms with Crippen LogP contribution in [-0.2, 0) is 6.54 Å². The minimum atomic E-state index is -4.11. The van der Waals surface area contributed by atoms with Crippen LogP contribution in [0.3, 0.4) is 0 Å². The third-order valence-electron chi connectivity index (χ3n) is 2.46. The van der Waals surface area contributed by atoms with Crippen molar-refractivity contribution in [3.63, 3.8) is 0 Å². The molecule has 0 aliphatic rings. The first-order chi connectivity index (χ1) is 7.48. The molecule has 6 heteroatoms. The fourth-order valence-corrected chi connectivity index (χ4v) is 1.61. The average Bonchev–Trinajstić information content (AvgIpc) is 2.65. The van der Waals surface area contributed by atoms with Crippen molar-refractivity contribution in [2.75, 3.05) is 7.05 Å². The molecular weight excluding hydrogens is 219 g/mol. The van der Waals surface area contributed by atoms with Crippen molar-refractivity contribution in [3.05, 3.63) is 18.2 Å². The van der Waals surface area contributed by atoms with Gasteiger partial charge in [-0.3, -0.25) is 0 Å². The van der Waals surface area contributed by atoms with Crippen molar-refractivity contribution in [2.24, 2.45) is 0 Å². The van der Waals surface area contributed by atoms with Crippen LogP contribution in [-0.4, -0.2) is 22.8 Å². The third kappa shape index (κ3) is 3.52. The van der Waals surface area contributed by atoms with E-state index in [2.05, 4.69) is 10.3 Å². The molecule has 0 bridgehead atoms. The number of imidazole rings is 1. The van der Waals surface area contributed by atoms with Crippen LogP contribution in [0.15, 0.2) is 12.4 Å². The molecule has 1 atom stereocenters. The van der Waals surface area contributed by atoms with Crippen LogP contribution in [0.2, 0.25) is 0 Å². The Kier molecular flexibility index (Phi) is 4.35. The molecule has 16 heavy (non-hydrogen) atoms. The molecule has 0 amide bonds.